The second-order valence-electron chi connectivity index (χ2n) is 7.70. The van der Waals surface area contributed by atoms with Crippen LogP contribution in [0.5, 0.6) is 0 Å². The van der Waals surface area contributed by atoms with Gasteiger partial charge in [0.05, 0.1) is 25.2 Å². The lowest BCUT2D eigenvalue weighted by Gasteiger charge is -2.27. The molecular weight excluding hydrogens is 330 g/mol. The van der Waals surface area contributed by atoms with Crippen LogP contribution in [0.4, 0.5) is 5.69 Å². The molecule has 1 aromatic carbocycles. The van der Waals surface area contributed by atoms with Crippen LogP contribution in [-0.2, 0) is 27.2 Å². The summed E-state index contributed by atoms with van der Waals surface area (Å²) in [5, 5.41) is 3.24. The Morgan fingerprint density at radius 2 is 2.08 bits per heavy atom. The first-order chi connectivity index (χ1) is 12.6. The minimum Gasteiger partial charge on any atom is -0.378 e. The molecule has 6 nitrogen and oxygen atoms in total. The zero-order valence-corrected chi connectivity index (χ0v) is 15.0. The molecule has 1 saturated carbocycles. The van der Waals surface area contributed by atoms with Gasteiger partial charge in [0, 0.05) is 18.8 Å². The molecule has 4 rings (SSSR count). The first kappa shape index (κ1) is 17.3. The van der Waals surface area contributed by atoms with Gasteiger partial charge >= 0.3 is 0 Å². The normalized spacial score (nSPS) is 27.5. The number of fused-ring (bicyclic) bond motifs is 3. The summed E-state index contributed by atoms with van der Waals surface area (Å²) < 4.78 is 5.28. The number of primary amides is 1. The summed E-state index contributed by atoms with van der Waals surface area (Å²) in [5.41, 5.74) is 8.62. The van der Waals surface area contributed by atoms with Gasteiger partial charge in [-0.2, -0.15) is 0 Å². The van der Waals surface area contributed by atoms with E-state index in [0.29, 0.717) is 38.6 Å². The number of nitrogens with one attached hydrogen (secondary N) is 1. The number of carbonyl (C=O) groups is 2. The Balaban J connectivity index is 1.46. The third kappa shape index (κ3) is 3.30. The molecule has 1 aromatic rings. The molecule has 0 spiro atoms. The SMILES string of the molecule is NC(=O)C12[CH]C(CC1)Cc1ccc(NCC(=O)N3CCOCC3)cc1C2. The lowest BCUT2D eigenvalue weighted by molar-refractivity contribution is -0.133. The zero-order valence-electron chi connectivity index (χ0n) is 15.0. The van der Waals surface area contributed by atoms with Crippen molar-refractivity contribution in [3.8, 4) is 0 Å². The topological polar surface area (TPSA) is 84.7 Å². The highest BCUT2D eigenvalue weighted by Gasteiger charge is 2.46. The summed E-state index contributed by atoms with van der Waals surface area (Å²) >= 11 is 0. The maximum absolute atomic E-state index is 12.3. The van der Waals surface area contributed by atoms with Crippen LogP contribution in [-0.4, -0.2) is 49.6 Å². The summed E-state index contributed by atoms with van der Waals surface area (Å²) in [5.74, 6) is 0.309. The molecule has 139 valence electrons. The molecule has 2 unspecified atom stereocenters. The Morgan fingerprint density at radius 1 is 1.27 bits per heavy atom. The molecule has 1 radical (unpaired) electrons. The van der Waals surface area contributed by atoms with E-state index in [9.17, 15) is 9.59 Å². The van der Waals surface area contributed by atoms with Gasteiger partial charge in [0.2, 0.25) is 11.8 Å². The van der Waals surface area contributed by atoms with E-state index >= 15 is 0 Å². The van der Waals surface area contributed by atoms with Crippen molar-refractivity contribution in [1.29, 1.82) is 0 Å². The number of nitrogens with two attached hydrogens (primary N) is 1. The van der Waals surface area contributed by atoms with Gasteiger partial charge in [-0.3, -0.25) is 9.59 Å². The molecule has 3 aliphatic rings. The fraction of sp³-hybridized carbons (Fsp3) is 0.550. The largest absolute Gasteiger partial charge is 0.378 e. The smallest absolute Gasteiger partial charge is 0.242 e. The fourth-order valence-corrected chi connectivity index (χ4v) is 4.49. The van der Waals surface area contributed by atoms with Crippen molar-refractivity contribution >= 4 is 17.5 Å². The molecule has 2 aliphatic carbocycles. The molecule has 2 bridgehead atoms. The number of morpholine rings is 1. The Labute approximate surface area is 154 Å². The van der Waals surface area contributed by atoms with E-state index < -0.39 is 5.41 Å². The summed E-state index contributed by atoms with van der Waals surface area (Å²) in [6.07, 6.45) is 5.71. The Kier molecular flexibility index (Phi) is 4.61. The number of hydrogen-bond donors (Lipinski definition) is 2. The fourth-order valence-electron chi connectivity index (χ4n) is 4.49. The second kappa shape index (κ2) is 6.91. The number of hydrogen-bond acceptors (Lipinski definition) is 4. The highest BCUT2D eigenvalue weighted by atomic mass is 16.5. The molecule has 2 fully saturated rings. The predicted octanol–water partition coefficient (Wildman–Crippen LogP) is 1.14. The van der Waals surface area contributed by atoms with Gasteiger partial charge in [0.1, 0.15) is 0 Å². The number of benzene rings is 1. The summed E-state index contributed by atoms with van der Waals surface area (Å²) in [6.45, 7) is 2.80. The van der Waals surface area contributed by atoms with Crippen LogP contribution in [0, 0.1) is 17.8 Å². The molecule has 2 amide bonds. The third-order valence-corrected chi connectivity index (χ3v) is 6.01. The average molecular weight is 356 g/mol. The predicted molar refractivity (Wildman–Crippen MR) is 98.4 cm³/mol. The van der Waals surface area contributed by atoms with Gasteiger partial charge in [0.15, 0.2) is 0 Å². The van der Waals surface area contributed by atoms with Crippen molar-refractivity contribution in [1.82, 2.24) is 4.90 Å². The van der Waals surface area contributed by atoms with Gasteiger partial charge < -0.3 is 20.7 Å². The number of nitrogens with zero attached hydrogens (tertiary/aromatic N) is 1. The van der Waals surface area contributed by atoms with Crippen LogP contribution in [0.2, 0.25) is 0 Å². The van der Waals surface area contributed by atoms with Gasteiger partial charge in [-0.15, -0.1) is 0 Å². The number of rotatable bonds is 4. The van der Waals surface area contributed by atoms with E-state index in [1.807, 2.05) is 11.0 Å². The summed E-state index contributed by atoms with van der Waals surface area (Å²) in [6, 6.07) is 6.24. The number of amides is 2. The molecular formula is C20H26N3O3. The molecule has 1 saturated heterocycles. The maximum Gasteiger partial charge on any atom is 0.242 e. The van der Waals surface area contributed by atoms with Crippen LogP contribution in [0.15, 0.2) is 18.2 Å². The molecule has 3 N–H and O–H groups in total. The van der Waals surface area contributed by atoms with Crippen molar-refractivity contribution in [3.63, 3.8) is 0 Å². The third-order valence-electron chi connectivity index (χ3n) is 6.01. The van der Waals surface area contributed by atoms with Crippen LogP contribution in [0.3, 0.4) is 0 Å². The van der Waals surface area contributed by atoms with E-state index in [1.165, 1.54) is 11.1 Å². The maximum atomic E-state index is 12.3. The van der Waals surface area contributed by atoms with Crippen LogP contribution >= 0.6 is 0 Å². The van der Waals surface area contributed by atoms with Crippen molar-refractivity contribution in [2.75, 3.05) is 38.2 Å². The summed E-state index contributed by atoms with van der Waals surface area (Å²) in [4.78, 5) is 26.2. The van der Waals surface area contributed by atoms with Gasteiger partial charge in [0.25, 0.3) is 0 Å². The number of carbonyl (C=O) groups excluding carboxylic acids is 2. The van der Waals surface area contributed by atoms with Crippen molar-refractivity contribution in [3.05, 3.63) is 35.7 Å². The number of ether oxygens (including phenoxy) is 1. The van der Waals surface area contributed by atoms with E-state index in [1.54, 1.807) is 0 Å². The molecule has 2 atom stereocenters. The minimum absolute atomic E-state index is 0.0873. The van der Waals surface area contributed by atoms with Gasteiger partial charge in [-0.05, 0) is 61.3 Å². The van der Waals surface area contributed by atoms with E-state index in [-0.39, 0.29) is 18.4 Å². The van der Waals surface area contributed by atoms with Crippen molar-refractivity contribution in [2.24, 2.45) is 17.1 Å². The van der Waals surface area contributed by atoms with E-state index in [2.05, 4.69) is 23.9 Å². The quantitative estimate of drug-likeness (QED) is 0.847. The second-order valence-corrected chi connectivity index (χ2v) is 7.70. The Hall–Kier alpha value is -2.08. The standard InChI is InChI=1S/C20H26N3O3/c21-19(25)20-4-3-14(11-20)9-15-1-2-17(10-16(15)12-20)22-13-18(24)23-5-7-26-8-6-23/h1-2,10-11,14,22H,3-9,12-13H2,(H2,21,25). The van der Waals surface area contributed by atoms with E-state index in [4.69, 9.17) is 10.5 Å². The average Bonchev–Trinajstić information content (AvgIpc) is 2.97. The molecule has 1 heterocycles. The molecule has 0 aromatic heterocycles. The van der Waals surface area contributed by atoms with Crippen LogP contribution in [0.1, 0.15) is 24.0 Å². The van der Waals surface area contributed by atoms with E-state index in [0.717, 1.165) is 24.9 Å². The van der Waals surface area contributed by atoms with Crippen LogP contribution in [0.25, 0.3) is 0 Å². The highest BCUT2D eigenvalue weighted by molar-refractivity contribution is 5.84. The van der Waals surface area contributed by atoms with Gasteiger partial charge in [-0.25, -0.2) is 0 Å². The first-order valence-electron chi connectivity index (χ1n) is 9.43. The van der Waals surface area contributed by atoms with Gasteiger partial charge in [-0.1, -0.05) is 6.07 Å². The Morgan fingerprint density at radius 3 is 2.85 bits per heavy atom. The zero-order chi connectivity index (χ0) is 18.1. The Bertz CT molecular complexity index is 714. The molecule has 6 heteroatoms. The van der Waals surface area contributed by atoms with Crippen LogP contribution < -0.4 is 11.1 Å². The monoisotopic (exact) mass is 356 g/mol. The minimum atomic E-state index is -0.502. The van der Waals surface area contributed by atoms with Crippen molar-refractivity contribution < 1.29 is 14.3 Å². The lowest BCUT2D eigenvalue weighted by atomic mass is 9.79. The highest BCUT2D eigenvalue weighted by Crippen LogP contribution is 2.47. The lowest BCUT2D eigenvalue weighted by Crippen LogP contribution is -2.43. The first-order valence-corrected chi connectivity index (χ1v) is 9.43. The van der Waals surface area contributed by atoms with Crippen molar-refractivity contribution in [2.45, 2.75) is 25.7 Å². The number of anilines is 1. The molecule has 1 aliphatic heterocycles. The molecule has 26 heavy (non-hydrogen) atoms. The summed E-state index contributed by atoms with van der Waals surface area (Å²) in [7, 11) is 0.